The standard InChI is InChI=1S/C21H22N4O4/c22-16(5-3-11-25-21(23)24)20(27)28-14-9-7-13(8-10-14)19-12-17(26)15-4-1-2-6-18(15)29-19/h1-2,4,6-10,12,16H,3,5,11,22H2,(H4,23,24,25). The molecule has 0 aliphatic carbocycles. The number of carbonyl (C=O) groups is 1. The SMILES string of the molecule is NC(N)=NCCCC(N)C(=O)Oc1ccc(-c2cc(=O)c3ccccc3o2)cc1. The molecule has 3 rings (SSSR count). The molecular weight excluding hydrogens is 372 g/mol. The van der Waals surface area contributed by atoms with Crippen molar-refractivity contribution >= 4 is 22.9 Å². The fourth-order valence-corrected chi connectivity index (χ4v) is 2.76. The predicted molar refractivity (Wildman–Crippen MR) is 111 cm³/mol. The molecule has 3 aromatic rings. The Morgan fingerprint density at radius 2 is 1.83 bits per heavy atom. The monoisotopic (exact) mass is 394 g/mol. The maximum atomic E-state index is 12.2. The zero-order chi connectivity index (χ0) is 20.8. The van der Waals surface area contributed by atoms with Crippen LogP contribution in [0.5, 0.6) is 5.75 Å². The zero-order valence-electron chi connectivity index (χ0n) is 15.7. The first-order valence-electron chi connectivity index (χ1n) is 9.10. The lowest BCUT2D eigenvalue weighted by Crippen LogP contribution is -2.34. The van der Waals surface area contributed by atoms with Crippen LogP contribution in [0.15, 0.2) is 68.8 Å². The smallest absolute Gasteiger partial charge is 0.328 e. The molecule has 0 fully saturated rings. The van der Waals surface area contributed by atoms with Gasteiger partial charge in [0.25, 0.3) is 0 Å². The second kappa shape index (κ2) is 9.03. The van der Waals surface area contributed by atoms with Crippen LogP contribution < -0.4 is 27.4 Å². The quantitative estimate of drug-likeness (QED) is 0.182. The van der Waals surface area contributed by atoms with E-state index in [1.54, 1.807) is 48.5 Å². The molecule has 0 aliphatic heterocycles. The van der Waals surface area contributed by atoms with Gasteiger partial charge in [-0.1, -0.05) is 12.1 Å². The Kier molecular flexibility index (Phi) is 6.25. The predicted octanol–water partition coefficient (Wildman–Crippen LogP) is 1.75. The van der Waals surface area contributed by atoms with Crippen molar-refractivity contribution in [3.8, 4) is 17.1 Å². The number of nitrogens with two attached hydrogens (primary N) is 3. The Bertz CT molecular complexity index is 1090. The van der Waals surface area contributed by atoms with Crippen LogP contribution in [0, 0.1) is 0 Å². The molecule has 1 unspecified atom stereocenters. The van der Waals surface area contributed by atoms with E-state index in [0.717, 1.165) is 0 Å². The Morgan fingerprint density at radius 1 is 1.10 bits per heavy atom. The van der Waals surface area contributed by atoms with Gasteiger partial charge in [-0.3, -0.25) is 9.79 Å². The maximum Gasteiger partial charge on any atom is 0.328 e. The molecule has 2 aromatic carbocycles. The summed E-state index contributed by atoms with van der Waals surface area (Å²) in [5.74, 6) is 0.243. The number of guanidine groups is 1. The summed E-state index contributed by atoms with van der Waals surface area (Å²) in [6.45, 7) is 0.398. The summed E-state index contributed by atoms with van der Waals surface area (Å²) in [6, 6.07) is 14.4. The zero-order valence-corrected chi connectivity index (χ0v) is 15.7. The topological polar surface area (TPSA) is 147 Å². The normalized spacial score (nSPS) is 11.8. The van der Waals surface area contributed by atoms with Crippen LogP contribution in [-0.2, 0) is 4.79 Å². The lowest BCUT2D eigenvalue weighted by Gasteiger charge is -2.11. The average molecular weight is 394 g/mol. The number of aliphatic imine (C=N–C) groups is 1. The first kappa shape index (κ1) is 20.1. The van der Waals surface area contributed by atoms with Crippen LogP contribution in [0.2, 0.25) is 0 Å². The summed E-state index contributed by atoms with van der Waals surface area (Å²) in [5, 5.41) is 0.524. The van der Waals surface area contributed by atoms with Crippen LogP contribution in [0.1, 0.15) is 12.8 Å². The fraction of sp³-hybridized carbons (Fsp3) is 0.190. The van der Waals surface area contributed by atoms with Gasteiger partial charge in [-0.2, -0.15) is 0 Å². The first-order valence-corrected chi connectivity index (χ1v) is 9.10. The van der Waals surface area contributed by atoms with E-state index in [0.29, 0.717) is 47.4 Å². The van der Waals surface area contributed by atoms with Crippen molar-refractivity contribution in [1.29, 1.82) is 0 Å². The van der Waals surface area contributed by atoms with Crippen molar-refractivity contribution in [3.05, 3.63) is 64.8 Å². The summed E-state index contributed by atoms with van der Waals surface area (Å²) >= 11 is 0. The number of ether oxygens (including phenoxy) is 1. The number of esters is 1. The molecule has 0 radical (unpaired) electrons. The first-order chi connectivity index (χ1) is 13.9. The minimum Gasteiger partial charge on any atom is -0.456 e. The Morgan fingerprint density at radius 3 is 2.55 bits per heavy atom. The van der Waals surface area contributed by atoms with Crippen LogP contribution in [-0.4, -0.2) is 24.5 Å². The van der Waals surface area contributed by atoms with Crippen LogP contribution >= 0.6 is 0 Å². The highest BCUT2D eigenvalue weighted by molar-refractivity contribution is 5.79. The van der Waals surface area contributed by atoms with Gasteiger partial charge in [0.05, 0.1) is 5.39 Å². The van der Waals surface area contributed by atoms with E-state index >= 15 is 0 Å². The molecule has 29 heavy (non-hydrogen) atoms. The van der Waals surface area contributed by atoms with Crippen molar-refractivity contribution in [2.24, 2.45) is 22.2 Å². The van der Waals surface area contributed by atoms with Crippen molar-refractivity contribution in [2.45, 2.75) is 18.9 Å². The van der Waals surface area contributed by atoms with Crippen LogP contribution in [0.4, 0.5) is 0 Å². The van der Waals surface area contributed by atoms with Gasteiger partial charge in [0.15, 0.2) is 11.4 Å². The molecule has 0 amide bonds. The number of fused-ring (bicyclic) bond motifs is 1. The largest absolute Gasteiger partial charge is 0.456 e. The van der Waals surface area contributed by atoms with E-state index in [9.17, 15) is 9.59 Å². The van der Waals surface area contributed by atoms with E-state index in [2.05, 4.69) is 4.99 Å². The van der Waals surface area contributed by atoms with Crippen molar-refractivity contribution in [1.82, 2.24) is 0 Å². The van der Waals surface area contributed by atoms with E-state index in [1.807, 2.05) is 0 Å². The number of benzene rings is 2. The number of hydrogen-bond acceptors (Lipinski definition) is 6. The third kappa shape index (κ3) is 5.20. The summed E-state index contributed by atoms with van der Waals surface area (Å²) in [7, 11) is 0. The van der Waals surface area contributed by atoms with E-state index in [-0.39, 0.29) is 11.4 Å². The van der Waals surface area contributed by atoms with Gasteiger partial charge in [0.2, 0.25) is 0 Å². The van der Waals surface area contributed by atoms with Gasteiger partial charge in [-0.25, -0.2) is 4.79 Å². The molecule has 8 nitrogen and oxygen atoms in total. The summed E-state index contributed by atoms with van der Waals surface area (Å²) < 4.78 is 11.1. The molecular formula is C21H22N4O4. The molecule has 0 saturated carbocycles. The molecule has 8 heteroatoms. The summed E-state index contributed by atoms with van der Waals surface area (Å²) in [6.07, 6.45) is 0.962. The number of carbonyl (C=O) groups excluding carboxylic acids is 1. The van der Waals surface area contributed by atoms with Gasteiger partial charge in [0, 0.05) is 18.2 Å². The number of rotatable bonds is 7. The highest BCUT2D eigenvalue weighted by Crippen LogP contribution is 2.24. The minimum atomic E-state index is -0.776. The minimum absolute atomic E-state index is 0.00323. The van der Waals surface area contributed by atoms with Crippen LogP contribution in [0.25, 0.3) is 22.3 Å². The molecule has 0 spiro atoms. The second-order valence-corrected chi connectivity index (χ2v) is 6.47. The van der Waals surface area contributed by atoms with Gasteiger partial charge in [0.1, 0.15) is 23.1 Å². The van der Waals surface area contributed by atoms with Gasteiger partial charge in [-0.15, -0.1) is 0 Å². The van der Waals surface area contributed by atoms with Crippen molar-refractivity contribution < 1.29 is 13.9 Å². The number of nitrogens with zero attached hydrogens (tertiary/aromatic N) is 1. The van der Waals surface area contributed by atoms with E-state index in [1.165, 1.54) is 6.07 Å². The lowest BCUT2D eigenvalue weighted by molar-refractivity contribution is -0.136. The molecule has 1 aromatic heterocycles. The van der Waals surface area contributed by atoms with Gasteiger partial charge >= 0.3 is 5.97 Å². The van der Waals surface area contributed by atoms with Gasteiger partial charge in [-0.05, 0) is 49.2 Å². The molecule has 6 N–H and O–H groups in total. The molecule has 1 atom stereocenters. The maximum absolute atomic E-state index is 12.2. The highest BCUT2D eigenvalue weighted by atomic mass is 16.5. The van der Waals surface area contributed by atoms with E-state index in [4.69, 9.17) is 26.4 Å². The average Bonchev–Trinajstić information content (AvgIpc) is 2.71. The third-order valence-corrected chi connectivity index (χ3v) is 4.26. The Hall–Kier alpha value is -3.65. The molecule has 0 aliphatic rings. The summed E-state index contributed by atoms with van der Waals surface area (Å²) in [4.78, 5) is 28.2. The Balaban J connectivity index is 1.65. The third-order valence-electron chi connectivity index (χ3n) is 4.26. The lowest BCUT2D eigenvalue weighted by atomic mass is 10.1. The van der Waals surface area contributed by atoms with Crippen molar-refractivity contribution in [3.63, 3.8) is 0 Å². The molecule has 1 heterocycles. The fourth-order valence-electron chi connectivity index (χ4n) is 2.76. The number of para-hydroxylation sites is 1. The van der Waals surface area contributed by atoms with E-state index < -0.39 is 12.0 Å². The van der Waals surface area contributed by atoms with Gasteiger partial charge < -0.3 is 26.4 Å². The second-order valence-electron chi connectivity index (χ2n) is 6.47. The number of hydrogen-bond donors (Lipinski definition) is 3. The molecule has 150 valence electrons. The Labute approximate surface area is 167 Å². The molecule has 0 saturated heterocycles. The van der Waals surface area contributed by atoms with Crippen LogP contribution in [0.3, 0.4) is 0 Å². The van der Waals surface area contributed by atoms with Crippen molar-refractivity contribution in [2.75, 3.05) is 6.54 Å². The summed E-state index contributed by atoms with van der Waals surface area (Å²) in [5.41, 5.74) is 17.4. The highest BCUT2D eigenvalue weighted by Gasteiger charge is 2.16. The molecule has 0 bridgehead atoms.